The Morgan fingerprint density at radius 2 is 2.04 bits per heavy atom. The van der Waals surface area contributed by atoms with Crippen molar-refractivity contribution < 1.29 is 4.74 Å². The van der Waals surface area contributed by atoms with Crippen LogP contribution in [0, 0.1) is 11.3 Å². The third-order valence-electron chi connectivity index (χ3n) is 4.50. The number of hydrogen-bond donors (Lipinski definition) is 1. The average Bonchev–Trinajstić information content (AvgIpc) is 2.61. The molecule has 134 valence electrons. The fourth-order valence-electron chi connectivity index (χ4n) is 3.19. The number of nitrogens with zero attached hydrogens (tertiary/aromatic N) is 2. The Morgan fingerprint density at radius 3 is 2.65 bits per heavy atom. The van der Waals surface area contributed by atoms with Crippen molar-refractivity contribution in [3.63, 3.8) is 0 Å². The van der Waals surface area contributed by atoms with Gasteiger partial charge < -0.3 is 15.0 Å². The number of halogens is 2. The molecule has 0 radical (unpaired) electrons. The Hall–Kier alpha value is -2.42. The molecule has 0 spiro atoms. The monoisotopic (exact) mass is 389 g/mol. The highest BCUT2D eigenvalue weighted by molar-refractivity contribution is 6.42. The molecule has 0 aliphatic carbocycles. The van der Waals surface area contributed by atoms with Crippen LogP contribution < -0.4 is 16.0 Å². The largest absolute Gasteiger partial charge is 0.440 e. The summed E-state index contributed by atoms with van der Waals surface area (Å²) >= 11 is 12.2. The molecule has 2 heterocycles. The third kappa shape index (κ3) is 2.96. The first kappa shape index (κ1) is 18.4. The van der Waals surface area contributed by atoms with E-state index in [0.29, 0.717) is 26.9 Å². The summed E-state index contributed by atoms with van der Waals surface area (Å²) < 4.78 is 7.22. The molecule has 1 aliphatic rings. The maximum absolute atomic E-state index is 13.1. The predicted molar refractivity (Wildman–Crippen MR) is 101 cm³/mol. The van der Waals surface area contributed by atoms with Gasteiger partial charge in [0, 0.05) is 18.8 Å². The first-order chi connectivity index (χ1) is 12.4. The van der Waals surface area contributed by atoms with Crippen LogP contribution in [0.5, 0.6) is 5.75 Å². The Labute approximate surface area is 161 Å². The molecule has 2 aromatic rings. The number of benzene rings is 1. The highest BCUT2D eigenvalue weighted by Crippen LogP contribution is 2.41. The van der Waals surface area contributed by atoms with Crippen LogP contribution in [0.3, 0.4) is 0 Å². The quantitative estimate of drug-likeness (QED) is 0.863. The highest BCUT2D eigenvalue weighted by Gasteiger charge is 2.34. The van der Waals surface area contributed by atoms with Crippen LogP contribution in [0.1, 0.15) is 36.1 Å². The van der Waals surface area contributed by atoms with Gasteiger partial charge in [0.15, 0.2) is 0 Å². The van der Waals surface area contributed by atoms with Crippen molar-refractivity contribution in [2.24, 2.45) is 12.8 Å². The van der Waals surface area contributed by atoms with E-state index in [2.05, 4.69) is 6.07 Å². The minimum absolute atomic E-state index is 0.00762. The lowest BCUT2D eigenvalue weighted by molar-refractivity contribution is 0.389. The molecule has 0 fully saturated rings. The zero-order valence-corrected chi connectivity index (χ0v) is 15.9. The van der Waals surface area contributed by atoms with Gasteiger partial charge in [-0.05, 0) is 24.1 Å². The second-order valence-corrected chi connectivity index (χ2v) is 6.94. The molecule has 0 amide bonds. The van der Waals surface area contributed by atoms with Crippen molar-refractivity contribution in [3.8, 4) is 11.8 Å². The average molecular weight is 390 g/mol. The van der Waals surface area contributed by atoms with Crippen LogP contribution in [-0.4, -0.2) is 4.57 Å². The van der Waals surface area contributed by atoms with Crippen molar-refractivity contribution in [2.75, 3.05) is 0 Å². The molecule has 1 aromatic heterocycles. The van der Waals surface area contributed by atoms with Gasteiger partial charge >= 0.3 is 0 Å². The third-order valence-corrected chi connectivity index (χ3v) is 5.23. The number of rotatable bonds is 3. The number of pyridine rings is 1. The van der Waals surface area contributed by atoms with Crippen LogP contribution in [0.25, 0.3) is 0 Å². The maximum atomic E-state index is 13.1. The molecule has 1 unspecified atom stereocenters. The maximum Gasteiger partial charge on any atom is 0.258 e. The number of aromatic nitrogens is 1. The van der Waals surface area contributed by atoms with Crippen molar-refractivity contribution >= 4 is 23.2 Å². The smallest absolute Gasteiger partial charge is 0.258 e. The van der Waals surface area contributed by atoms with E-state index in [1.807, 2.05) is 13.0 Å². The van der Waals surface area contributed by atoms with Gasteiger partial charge in [-0.15, -0.1) is 0 Å². The molecule has 1 aliphatic heterocycles. The van der Waals surface area contributed by atoms with Gasteiger partial charge in [0.1, 0.15) is 17.4 Å². The van der Waals surface area contributed by atoms with Gasteiger partial charge in [-0.2, -0.15) is 5.26 Å². The summed E-state index contributed by atoms with van der Waals surface area (Å²) in [5, 5.41) is 10.3. The number of nitriles is 1. The fourth-order valence-corrected chi connectivity index (χ4v) is 3.50. The SMILES string of the molecule is CCCc1cc2c(c(=O)n1C)C(c1ccc(Cl)c(Cl)c1)C(C#N)=C(N)O2. The highest BCUT2D eigenvalue weighted by atomic mass is 35.5. The molecule has 3 rings (SSSR count). The van der Waals surface area contributed by atoms with Crippen LogP contribution in [-0.2, 0) is 13.5 Å². The molecule has 0 saturated carbocycles. The van der Waals surface area contributed by atoms with Crippen LogP contribution in [0.15, 0.2) is 40.5 Å². The minimum Gasteiger partial charge on any atom is -0.440 e. The van der Waals surface area contributed by atoms with Crippen molar-refractivity contribution in [1.82, 2.24) is 4.57 Å². The summed E-state index contributed by atoms with van der Waals surface area (Å²) in [7, 11) is 1.72. The molecule has 26 heavy (non-hydrogen) atoms. The summed E-state index contributed by atoms with van der Waals surface area (Å²) in [5.41, 5.74) is 7.81. The lowest BCUT2D eigenvalue weighted by Crippen LogP contribution is -2.32. The van der Waals surface area contributed by atoms with E-state index in [-0.39, 0.29) is 17.0 Å². The molecule has 2 N–H and O–H groups in total. The number of fused-ring (bicyclic) bond motifs is 1. The van der Waals surface area contributed by atoms with E-state index in [1.54, 1.807) is 29.8 Å². The summed E-state index contributed by atoms with van der Waals surface area (Å²) in [6.45, 7) is 2.03. The molecule has 1 aromatic carbocycles. The second kappa shape index (κ2) is 7.06. The Bertz CT molecular complexity index is 1020. The number of nitrogens with two attached hydrogens (primary N) is 1. The summed E-state index contributed by atoms with van der Waals surface area (Å²) in [5.74, 6) is -0.288. The van der Waals surface area contributed by atoms with Gasteiger partial charge in [-0.1, -0.05) is 42.6 Å². The zero-order valence-electron chi connectivity index (χ0n) is 14.3. The second-order valence-electron chi connectivity index (χ2n) is 6.13. The summed E-state index contributed by atoms with van der Waals surface area (Å²) in [6, 6.07) is 8.90. The zero-order chi connectivity index (χ0) is 19.0. The Kier molecular flexibility index (Phi) is 4.99. The Morgan fingerprint density at radius 1 is 1.31 bits per heavy atom. The number of allylic oxidation sites excluding steroid dienone is 1. The van der Waals surface area contributed by atoms with Crippen LogP contribution in [0.2, 0.25) is 10.0 Å². The molecular weight excluding hydrogens is 373 g/mol. The number of ether oxygens (including phenoxy) is 1. The topological polar surface area (TPSA) is 81.0 Å². The van der Waals surface area contributed by atoms with E-state index in [4.69, 9.17) is 33.7 Å². The van der Waals surface area contributed by atoms with Gasteiger partial charge in [-0.3, -0.25) is 4.79 Å². The standard InChI is InChI=1S/C19H17Cl2N3O2/c1-3-4-11-8-15-17(19(25)24(11)2)16(12(9-22)18(23)26-15)10-5-6-13(20)14(21)7-10/h5-8,16H,3-4,23H2,1-2H3. The van der Waals surface area contributed by atoms with E-state index >= 15 is 0 Å². The summed E-state index contributed by atoms with van der Waals surface area (Å²) in [6.07, 6.45) is 1.62. The van der Waals surface area contributed by atoms with Crippen LogP contribution in [0.4, 0.5) is 0 Å². The van der Waals surface area contributed by atoms with Crippen molar-refractivity contribution in [2.45, 2.75) is 25.7 Å². The van der Waals surface area contributed by atoms with Gasteiger partial charge in [0.25, 0.3) is 5.56 Å². The van der Waals surface area contributed by atoms with Gasteiger partial charge in [-0.25, -0.2) is 0 Å². The van der Waals surface area contributed by atoms with E-state index < -0.39 is 5.92 Å². The first-order valence-electron chi connectivity index (χ1n) is 8.14. The first-order valence-corrected chi connectivity index (χ1v) is 8.90. The van der Waals surface area contributed by atoms with Gasteiger partial charge in [0.05, 0.1) is 21.5 Å². The van der Waals surface area contributed by atoms with E-state index in [9.17, 15) is 10.1 Å². The van der Waals surface area contributed by atoms with E-state index in [1.165, 1.54) is 0 Å². The minimum atomic E-state index is -0.659. The lowest BCUT2D eigenvalue weighted by Gasteiger charge is -2.27. The molecule has 7 heteroatoms. The normalized spacial score (nSPS) is 16.0. The predicted octanol–water partition coefficient (Wildman–Crippen LogP) is 3.86. The fraction of sp³-hybridized carbons (Fsp3) is 0.263. The van der Waals surface area contributed by atoms with E-state index in [0.717, 1.165) is 18.5 Å². The van der Waals surface area contributed by atoms with Gasteiger partial charge in [0.2, 0.25) is 5.88 Å². The molecule has 0 saturated heterocycles. The lowest BCUT2D eigenvalue weighted by atomic mass is 9.84. The molecule has 1 atom stereocenters. The number of aryl methyl sites for hydroxylation is 1. The Balaban J connectivity index is 2.30. The van der Waals surface area contributed by atoms with Crippen molar-refractivity contribution in [3.05, 3.63) is 72.9 Å². The molecule has 0 bridgehead atoms. The van der Waals surface area contributed by atoms with Crippen LogP contribution >= 0.6 is 23.2 Å². The van der Waals surface area contributed by atoms with Crippen molar-refractivity contribution in [1.29, 1.82) is 5.26 Å². The molecular formula is C19H17Cl2N3O2. The molecule has 5 nitrogen and oxygen atoms in total. The number of hydrogen-bond acceptors (Lipinski definition) is 4. The summed E-state index contributed by atoms with van der Waals surface area (Å²) in [4.78, 5) is 13.1.